The smallest absolute Gasteiger partial charge is 0.0860 e. The second-order valence-corrected chi connectivity index (χ2v) is 6.73. The first-order chi connectivity index (χ1) is 8.69. The number of aliphatic hydroxyl groups excluding tert-OH is 2. The van der Waals surface area contributed by atoms with E-state index in [0.717, 1.165) is 43.9 Å². The molecule has 0 bridgehead atoms. The Morgan fingerprint density at radius 3 is 2.39 bits per heavy atom. The van der Waals surface area contributed by atoms with Gasteiger partial charge >= 0.3 is 0 Å². The zero-order valence-corrected chi connectivity index (χ0v) is 11.3. The molecule has 18 heavy (non-hydrogen) atoms. The van der Waals surface area contributed by atoms with Gasteiger partial charge in [-0.15, -0.1) is 0 Å². The summed E-state index contributed by atoms with van der Waals surface area (Å²) in [6.45, 7) is 0. The van der Waals surface area contributed by atoms with E-state index in [-0.39, 0.29) is 18.3 Å². The first-order valence-electron chi connectivity index (χ1n) is 7.58. The maximum absolute atomic E-state index is 10.1. The van der Waals surface area contributed by atoms with E-state index in [1.54, 1.807) is 7.11 Å². The molecule has 3 rings (SSSR count). The van der Waals surface area contributed by atoms with E-state index in [0.29, 0.717) is 11.8 Å². The summed E-state index contributed by atoms with van der Waals surface area (Å²) in [6.07, 6.45) is 7.36. The van der Waals surface area contributed by atoms with Gasteiger partial charge < -0.3 is 14.9 Å². The maximum Gasteiger partial charge on any atom is 0.0860 e. The van der Waals surface area contributed by atoms with Crippen LogP contribution in [0.1, 0.15) is 44.9 Å². The van der Waals surface area contributed by atoms with E-state index in [9.17, 15) is 10.2 Å². The molecule has 104 valence electrons. The SMILES string of the molecule is COC1C(O)CCC2CC3CCC(O)CC3CC21. The van der Waals surface area contributed by atoms with Crippen molar-refractivity contribution in [2.24, 2.45) is 23.7 Å². The predicted octanol–water partition coefficient (Wildman–Crippen LogP) is 1.96. The fourth-order valence-corrected chi connectivity index (χ4v) is 4.91. The predicted molar refractivity (Wildman–Crippen MR) is 69.1 cm³/mol. The van der Waals surface area contributed by atoms with Crippen LogP contribution < -0.4 is 0 Å². The molecule has 0 spiro atoms. The molecular formula is C15H26O3. The van der Waals surface area contributed by atoms with Crippen LogP contribution in [0.3, 0.4) is 0 Å². The first-order valence-corrected chi connectivity index (χ1v) is 7.58. The van der Waals surface area contributed by atoms with Gasteiger partial charge in [-0.1, -0.05) is 0 Å². The Morgan fingerprint density at radius 1 is 0.833 bits per heavy atom. The molecule has 3 aliphatic rings. The summed E-state index contributed by atoms with van der Waals surface area (Å²) < 4.78 is 5.57. The van der Waals surface area contributed by atoms with Crippen LogP contribution in [-0.2, 0) is 4.74 Å². The summed E-state index contributed by atoms with van der Waals surface area (Å²) in [6, 6.07) is 0. The van der Waals surface area contributed by atoms with Crippen molar-refractivity contribution in [2.75, 3.05) is 7.11 Å². The Bertz CT molecular complexity index is 293. The lowest BCUT2D eigenvalue weighted by Crippen LogP contribution is -2.49. The summed E-state index contributed by atoms with van der Waals surface area (Å²) in [5, 5.41) is 19.9. The Kier molecular flexibility index (Phi) is 3.65. The Morgan fingerprint density at radius 2 is 1.61 bits per heavy atom. The summed E-state index contributed by atoms with van der Waals surface area (Å²) in [5.41, 5.74) is 0. The van der Waals surface area contributed by atoms with Crippen LogP contribution in [0.2, 0.25) is 0 Å². The molecule has 0 aliphatic heterocycles. The van der Waals surface area contributed by atoms with Gasteiger partial charge in [0.2, 0.25) is 0 Å². The topological polar surface area (TPSA) is 49.7 Å². The second-order valence-electron chi connectivity index (χ2n) is 6.73. The van der Waals surface area contributed by atoms with Gasteiger partial charge in [-0.25, -0.2) is 0 Å². The Labute approximate surface area is 110 Å². The molecule has 0 heterocycles. The van der Waals surface area contributed by atoms with Crippen LogP contribution in [0.5, 0.6) is 0 Å². The third-order valence-corrected chi connectivity index (χ3v) is 5.80. The average molecular weight is 254 g/mol. The number of hydrogen-bond donors (Lipinski definition) is 2. The van der Waals surface area contributed by atoms with Crippen molar-refractivity contribution in [1.82, 2.24) is 0 Å². The van der Waals surface area contributed by atoms with Crippen LogP contribution in [0, 0.1) is 23.7 Å². The number of fused-ring (bicyclic) bond motifs is 2. The third kappa shape index (κ3) is 2.21. The van der Waals surface area contributed by atoms with Crippen molar-refractivity contribution in [1.29, 1.82) is 0 Å². The van der Waals surface area contributed by atoms with Gasteiger partial charge in [-0.3, -0.25) is 0 Å². The van der Waals surface area contributed by atoms with Gasteiger partial charge in [0, 0.05) is 7.11 Å². The molecule has 2 N–H and O–H groups in total. The number of rotatable bonds is 1. The van der Waals surface area contributed by atoms with Crippen molar-refractivity contribution in [2.45, 2.75) is 63.3 Å². The Balaban J connectivity index is 1.73. The fraction of sp³-hybridized carbons (Fsp3) is 1.00. The Hall–Kier alpha value is -0.120. The van der Waals surface area contributed by atoms with Crippen molar-refractivity contribution >= 4 is 0 Å². The maximum atomic E-state index is 10.1. The minimum absolute atomic E-state index is 0.0313. The summed E-state index contributed by atoms with van der Waals surface area (Å²) in [7, 11) is 1.73. The molecule has 0 radical (unpaired) electrons. The zero-order valence-electron chi connectivity index (χ0n) is 11.3. The van der Waals surface area contributed by atoms with Crippen LogP contribution in [0.15, 0.2) is 0 Å². The minimum Gasteiger partial charge on any atom is -0.393 e. The highest BCUT2D eigenvalue weighted by molar-refractivity contribution is 4.97. The van der Waals surface area contributed by atoms with Gasteiger partial charge in [0.05, 0.1) is 18.3 Å². The molecule has 0 amide bonds. The van der Waals surface area contributed by atoms with Crippen molar-refractivity contribution in [3.05, 3.63) is 0 Å². The zero-order chi connectivity index (χ0) is 12.7. The number of aliphatic hydroxyl groups is 2. The van der Waals surface area contributed by atoms with Crippen LogP contribution in [0.25, 0.3) is 0 Å². The van der Waals surface area contributed by atoms with E-state index < -0.39 is 0 Å². The highest BCUT2D eigenvalue weighted by atomic mass is 16.5. The van der Waals surface area contributed by atoms with E-state index in [2.05, 4.69) is 0 Å². The normalized spacial score (nSPS) is 52.5. The van der Waals surface area contributed by atoms with E-state index in [1.807, 2.05) is 0 Å². The van der Waals surface area contributed by atoms with E-state index in [1.165, 1.54) is 12.8 Å². The lowest BCUT2D eigenvalue weighted by atomic mass is 9.58. The van der Waals surface area contributed by atoms with E-state index >= 15 is 0 Å². The molecular weight excluding hydrogens is 228 g/mol. The number of ether oxygens (including phenoxy) is 1. The first kappa shape index (κ1) is 12.9. The van der Waals surface area contributed by atoms with Crippen molar-refractivity contribution < 1.29 is 14.9 Å². The van der Waals surface area contributed by atoms with Gasteiger partial charge in [0.25, 0.3) is 0 Å². The molecule has 3 nitrogen and oxygen atoms in total. The standard InChI is InChI=1S/C15H26O3/c1-18-15-13-8-11-7-12(16)4-2-9(11)6-10(13)3-5-14(15)17/h9-17H,2-8H2,1H3. The molecule has 0 aromatic carbocycles. The molecule has 0 saturated heterocycles. The van der Waals surface area contributed by atoms with Crippen molar-refractivity contribution in [3.8, 4) is 0 Å². The van der Waals surface area contributed by atoms with Gasteiger partial charge in [0.1, 0.15) is 0 Å². The molecule has 3 heteroatoms. The molecule has 3 aliphatic carbocycles. The van der Waals surface area contributed by atoms with Crippen molar-refractivity contribution in [3.63, 3.8) is 0 Å². The van der Waals surface area contributed by atoms with Gasteiger partial charge in [-0.05, 0) is 68.6 Å². The third-order valence-electron chi connectivity index (χ3n) is 5.80. The molecule has 7 unspecified atom stereocenters. The number of hydrogen-bond acceptors (Lipinski definition) is 3. The van der Waals surface area contributed by atoms with E-state index in [4.69, 9.17) is 4.74 Å². The lowest BCUT2D eigenvalue weighted by Gasteiger charge is -2.50. The largest absolute Gasteiger partial charge is 0.393 e. The lowest BCUT2D eigenvalue weighted by molar-refractivity contribution is -0.121. The summed E-state index contributed by atoms with van der Waals surface area (Å²) >= 11 is 0. The molecule has 0 aromatic rings. The summed E-state index contributed by atoms with van der Waals surface area (Å²) in [4.78, 5) is 0. The van der Waals surface area contributed by atoms with Crippen LogP contribution in [-0.4, -0.2) is 35.6 Å². The quantitative estimate of drug-likeness (QED) is 0.752. The fourth-order valence-electron chi connectivity index (χ4n) is 4.91. The average Bonchev–Trinajstić information content (AvgIpc) is 2.36. The van der Waals surface area contributed by atoms with Gasteiger partial charge in [0.15, 0.2) is 0 Å². The monoisotopic (exact) mass is 254 g/mol. The molecule has 0 aromatic heterocycles. The van der Waals surface area contributed by atoms with Crippen LogP contribution >= 0.6 is 0 Å². The van der Waals surface area contributed by atoms with Gasteiger partial charge in [-0.2, -0.15) is 0 Å². The number of methoxy groups -OCH3 is 1. The summed E-state index contributed by atoms with van der Waals surface area (Å²) in [5.74, 6) is 2.75. The molecule has 7 atom stereocenters. The minimum atomic E-state index is -0.277. The van der Waals surface area contributed by atoms with Crippen LogP contribution in [0.4, 0.5) is 0 Å². The highest BCUT2D eigenvalue weighted by Crippen LogP contribution is 2.50. The molecule has 3 saturated carbocycles. The highest BCUT2D eigenvalue weighted by Gasteiger charge is 2.46. The second kappa shape index (κ2) is 5.10. The molecule has 3 fully saturated rings.